The summed E-state index contributed by atoms with van der Waals surface area (Å²) in [7, 11) is 2.06. The van der Waals surface area contributed by atoms with Crippen LogP contribution in [0.4, 0.5) is 16.0 Å². The number of aromatic amines is 1. The number of nitrogens with zero attached hydrogens (tertiary/aromatic N) is 5. The highest BCUT2D eigenvalue weighted by Gasteiger charge is 2.24. The second-order valence-corrected chi connectivity index (χ2v) is 9.27. The maximum Gasteiger partial charge on any atom is 0.253 e. The number of hydrogen-bond acceptors (Lipinski definition) is 7. The average molecular weight is 480 g/mol. The molecule has 2 aliphatic rings. The van der Waals surface area contributed by atoms with Gasteiger partial charge >= 0.3 is 0 Å². The lowest BCUT2D eigenvalue weighted by molar-refractivity contribution is 0.0174. The summed E-state index contributed by atoms with van der Waals surface area (Å²) in [5.41, 5.74) is 2.01. The van der Waals surface area contributed by atoms with Gasteiger partial charge in [-0.15, -0.1) is 0 Å². The lowest BCUT2D eigenvalue weighted by Gasteiger charge is -2.32. The van der Waals surface area contributed by atoms with Crippen molar-refractivity contribution < 1.29 is 13.9 Å². The number of H-pyrrole nitrogens is 1. The van der Waals surface area contributed by atoms with E-state index in [1.165, 1.54) is 0 Å². The number of ether oxygens (including phenoxy) is 1. The zero-order chi connectivity index (χ0) is 24.4. The quantitative estimate of drug-likeness (QED) is 0.579. The molecule has 0 spiro atoms. The van der Waals surface area contributed by atoms with Crippen molar-refractivity contribution in [3.63, 3.8) is 0 Å². The highest BCUT2D eigenvalue weighted by Crippen LogP contribution is 2.30. The molecule has 2 aliphatic heterocycles. The zero-order valence-corrected chi connectivity index (χ0v) is 20.0. The molecule has 35 heavy (non-hydrogen) atoms. The molecule has 4 heterocycles. The first-order chi connectivity index (χ1) is 17.0. The van der Waals surface area contributed by atoms with Crippen LogP contribution in [0.1, 0.15) is 41.9 Å². The smallest absolute Gasteiger partial charge is 0.253 e. The molecule has 0 bridgehead atoms. The van der Waals surface area contributed by atoms with E-state index in [0.29, 0.717) is 23.6 Å². The Morgan fingerprint density at radius 1 is 1.14 bits per heavy atom. The van der Waals surface area contributed by atoms with Crippen LogP contribution < -0.4 is 5.32 Å². The summed E-state index contributed by atoms with van der Waals surface area (Å²) in [6.45, 7) is 5.95. The van der Waals surface area contributed by atoms with Crippen molar-refractivity contribution in [2.24, 2.45) is 0 Å². The van der Waals surface area contributed by atoms with Crippen molar-refractivity contribution in [3.8, 4) is 11.4 Å². The lowest BCUT2D eigenvalue weighted by atomic mass is 9.96. The van der Waals surface area contributed by atoms with Gasteiger partial charge in [-0.25, -0.2) is 19.3 Å². The number of piperazine rings is 1. The molecule has 10 heteroatoms. The van der Waals surface area contributed by atoms with Gasteiger partial charge in [-0.1, -0.05) is 0 Å². The van der Waals surface area contributed by atoms with E-state index in [9.17, 15) is 9.18 Å². The first-order valence-corrected chi connectivity index (χ1v) is 12.0. The van der Waals surface area contributed by atoms with E-state index in [2.05, 4.69) is 37.2 Å². The van der Waals surface area contributed by atoms with E-state index < -0.39 is 5.82 Å². The second kappa shape index (κ2) is 10.1. The first kappa shape index (κ1) is 23.4. The third kappa shape index (κ3) is 5.33. The van der Waals surface area contributed by atoms with Gasteiger partial charge in [0.05, 0.1) is 24.2 Å². The Bertz CT molecular complexity index is 1170. The molecule has 184 valence electrons. The Labute approximate surface area is 203 Å². The van der Waals surface area contributed by atoms with Crippen molar-refractivity contribution in [1.82, 2.24) is 29.7 Å². The Morgan fingerprint density at radius 3 is 2.66 bits per heavy atom. The summed E-state index contributed by atoms with van der Waals surface area (Å²) >= 11 is 0. The van der Waals surface area contributed by atoms with Gasteiger partial charge in [-0.3, -0.25) is 4.79 Å². The van der Waals surface area contributed by atoms with Crippen LogP contribution in [0.3, 0.4) is 0 Å². The van der Waals surface area contributed by atoms with Crippen LogP contribution in [-0.2, 0) is 4.74 Å². The molecular formula is C25H30FN7O2. The van der Waals surface area contributed by atoms with E-state index in [0.717, 1.165) is 51.0 Å². The molecule has 1 aromatic carbocycles. The SMILES string of the molecule is CC1CC(c2ncc(-c3nc(Nc4ccc(C(=O)N5CCN(C)CC5)cc4)ncc3F)[nH]2)CCO1. The number of imidazole rings is 1. The van der Waals surface area contributed by atoms with Crippen LogP contribution in [0, 0.1) is 5.82 Å². The second-order valence-electron chi connectivity index (χ2n) is 9.27. The fourth-order valence-electron chi connectivity index (χ4n) is 4.54. The normalized spacial score (nSPS) is 21.2. The minimum absolute atomic E-state index is 0.0268. The maximum atomic E-state index is 14.6. The van der Waals surface area contributed by atoms with Crippen LogP contribution in [0.25, 0.3) is 11.4 Å². The molecular weight excluding hydrogens is 449 g/mol. The van der Waals surface area contributed by atoms with Crippen molar-refractivity contribution in [2.75, 3.05) is 45.2 Å². The molecule has 9 nitrogen and oxygen atoms in total. The number of benzene rings is 1. The minimum atomic E-state index is -0.529. The highest BCUT2D eigenvalue weighted by molar-refractivity contribution is 5.94. The van der Waals surface area contributed by atoms with Crippen molar-refractivity contribution in [1.29, 1.82) is 0 Å². The summed E-state index contributed by atoms with van der Waals surface area (Å²) in [4.78, 5) is 33.0. The topological polar surface area (TPSA) is 99.3 Å². The number of carbonyl (C=O) groups is 1. The average Bonchev–Trinajstić information content (AvgIpc) is 3.36. The number of anilines is 2. The molecule has 2 atom stereocenters. The monoisotopic (exact) mass is 479 g/mol. The molecule has 1 amide bonds. The van der Waals surface area contributed by atoms with Crippen molar-refractivity contribution >= 4 is 17.5 Å². The van der Waals surface area contributed by atoms with E-state index in [1.54, 1.807) is 30.5 Å². The summed E-state index contributed by atoms with van der Waals surface area (Å²) in [5.74, 6) is 0.832. The number of halogens is 1. The Morgan fingerprint density at radius 2 is 1.91 bits per heavy atom. The van der Waals surface area contributed by atoms with Crippen LogP contribution >= 0.6 is 0 Å². The van der Waals surface area contributed by atoms with Gasteiger partial charge in [-0.05, 0) is 51.1 Å². The fraction of sp³-hybridized carbons (Fsp3) is 0.440. The largest absolute Gasteiger partial charge is 0.378 e. The molecule has 2 saturated heterocycles. The van der Waals surface area contributed by atoms with Gasteiger partial charge in [-0.2, -0.15) is 0 Å². The summed E-state index contributed by atoms with van der Waals surface area (Å²) in [6.07, 6.45) is 4.69. The number of rotatable bonds is 5. The summed E-state index contributed by atoms with van der Waals surface area (Å²) in [5, 5.41) is 3.10. The number of amides is 1. The number of nitrogens with one attached hydrogen (secondary N) is 2. The summed E-state index contributed by atoms with van der Waals surface area (Å²) < 4.78 is 20.2. The molecule has 2 N–H and O–H groups in total. The van der Waals surface area contributed by atoms with Crippen LogP contribution in [0.5, 0.6) is 0 Å². The number of hydrogen-bond donors (Lipinski definition) is 2. The number of carbonyl (C=O) groups excluding carboxylic acids is 1. The molecule has 2 fully saturated rings. The molecule has 3 aromatic rings. The standard InChI is InChI=1S/C25H30FN7O2/c1-16-13-18(7-12-35-16)23-27-15-21(30-23)22-20(26)14-28-25(31-22)29-19-5-3-17(4-6-19)24(34)33-10-8-32(2)9-11-33/h3-6,14-16,18H,7-13H2,1-2H3,(H,27,30)(H,28,29,31). The predicted octanol–water partition coefficient (Wildman–Crippen LogP) is 3.42. The van der Waals surface area contributed by atoms with Crippen molar-refractivity contribution in [2.45, 2.75) is 31.8 Å². The van der Waals surface area contributed by atoms with Gasteiger partial charge in [0, 0.05) is 50.0 Å². The van der Waals surface area contributed by atoms with Gasteiger partial charge in [0.1, 0.15) is 11.5 Å². The molecule has 2 unspecified atom stereocenters. The van der Waals surface area contributed by atoms with Gasteiger partial charge in [0.15, 0.2) is 5.82 Å². The lowest BCUT2D eigenvalue weighted by Crippen LogP contribution is -2.47. The fourth-order valence-corrected chi connectivity index (χ4v) is 4.54. The zero-order valence-electron chi connectivity index (χ0n) is 20.0. The Hall–Kier alpha value is -3.37. The van der Waals surface area contributed by atoms with E-state index in [-0.39, 0.29) is 29.6 Å². The Kier molecular flexibility index (Phi) is 6.74. The third-order valence-corrected chi connectivity index (χ3v) is 6.65. The van der Waals surface area contributed by atoms with Crippen LogP contribution in [0.15, 0.2) is 36.7 Å². The van der Waals surface area contributed by atoms with Gasteiger partial charge in [0.25, 0.3) is 5.91 Å². The van der Waals surface area contributed by atoms with Gasteiger partial charge < -0.3 is 24.8 Å². The number of likely N-dealkylation sites (N-methyl/N-ethyl adjacent to an activating group) is 1. The third-order valence-electron chi connectivity index (χ3n) is 6.65. The molecule has 0 saturated carbocycles. The molecule has 0 aliphatic carbocycles. The first-order valence-electron chi connectivity index (χ1n) is 12.0. The van der Waals surface area contributed by atoms with Gasteiger partial charge in [0.2, 0.25) is 5.95 Å². The maximum absolute atomic E-state index is 14.6. The number of aromatic nitrogens is 4. The van der Waals surface area contributed by atoms with Crippen LogP contribution in [-0.4, -0.2) is 81.6 Å². The van der Waals surface area contributed by atoms with E-state index in [4.69, 9.17) is 4.74 Å². The summed E-state index contributed by atoms with van der Waals surface area (Å²) in [6, 6.07) is 7.17. The molecule has 0 radical (unpaired) electrons. The van der Waals surface area contributed by atoms with E-state index in [1.807, 2.05) is 11.8 Å². The Balaban J connectivity index is 1.27. The van der Waals surface area contributed by atoms with E-state index >= 15 is 0 Å². The predicted molar refractivity (Wildman–Crippen MR) is 130 cm³/mol. The molecule has 2 aromatic heterocycles. The molecule has 5 rings (SSSR count). The van der Waals surface area contributed by atoms with Crippen molar-refractivity contribution in [3.05, 3.63) is 53.9 Å². The van der Waals surface area contributed by atoms with Crippen LogP contribution in [0.2, 0.25) is 0 Å². The minimum Gasteiger partial charge on any atom is -0.378 e. The highest BCUT2D eigenvalue weighted by atomic mass is 19.1.